The topological polar surface area (TPSA) is 61.4 Å². The number of carbonyl (C=O) groups excluding carboxylic acids is 2. The first kappa shape index (κ1) is 21.3. The van der Waals surface area contributed by atoms with E-state index in [0.717, 1.165) is 33.6 Å². The van der Waals surface area contributed by atoms with Crippen molar-refractivity contribution in [1.82, 2.24) is 4.90 Å². The van der Waals surface area contributed by atoms with E-state index in [2.05, 4.69) is 10.6 Å². The molecule has 3 rings (SSSR count). The molecule has 0 atom stereocenters. The highest BCUT2D eigenvalue weighted by molar-refractivity contribution is 5.97. The summed E-state index contributed by atoms with van der Waals surface area (Å²) in [5, 5.41) is 5.89. The van der Waals surface area contributed by atoms with Gasteiger partial charge >= 0.3 is 0 Å². The second-order valence-electron chi connectivity index (χ2n) is 7.43. The summed E-state index contributed by atoms with van der Waals surface area (Å²) in [6.07, 6.45) is 0. The van der Waals surface area contributed by atoms with Gasteiger partial charge in [0.15, 0.2) is 0 Å². The van der Waals surface area contributed by atoms with Crippen LogP contribution in [0.2, 0.25) is 0 Å². The first-order valence-electron chi connectivity index (χ1n) is 9.93. The molecule has 0 saturated heterocycles. The van der Waals surface area contributed by atoms with E-state index in [0.29, 0.717) is 0 Å². The van der Waals surface area contributed by atoms with Crippen LogP contribution in [0.1, 0.15) is 11.1 Å². The Morgan fingerprint density at radius 2 is 1.30 bits per heavy atom. The number of likely N-dealkylation sites (N-methyl/N-ethyl adjacent to an activating group) is 1. The molecule has 0 aromatic heterocycles. The summed E-state index contributed by atoms with van der Waals surface area (Å²) >= 11 is 0. The number of rotatable bonds is 7. The molecule has 0 radical (unpaired) electrons. The molecule has 0 saturated carbocycles. The van der Waals surface area contributed by atoms with E-state index in [4.69, 9.17) is 0 Å². The van der Waals surface area contributed by atoms with Gasteiger partial charge in [0.1, 0.15) is 0 Å². The van der Waals surface area contributed by atoms with Gasteiger partial charge in [0.05, 0.1) is 13.1 Å². The Morgan fingerprint density at radius 1 is 0.733 bits per heavy atom. The van der Waals surface area contributed by atoms with Crippen LogP contribution in [0.25, 0.3) is 11.1 Å². The van der Waals surface area contributed by atoms with Crippen LogP contribution < -0.4 is 10.6 Å². The second-order valence-corrected chi connectivity index (χ2v) is 7.43. The molecule has 154 valence electrons. The maximum absolute atomic E-state index is 12.6. The summed E-state index contributed by atoms with van der Waals surface area (Å²) in [5.74, 6) is -0.316. The molecule has 2 amide bonds. The lowest BCUT2D eigenvalue weighted by Gasteiger charge is -2.18. The first-order valence-corrected chi connectivity index (χ1v) is 9.93. The van der Waals surface area contributed by atoms with Crippen molar-refractivity contribution in [3.8, 4) is 11.1 Å². The second kappa shape index (κ2) is 9.85. The van der Waals surface area contributed by atoms with Crippen molar-refractivity contribution in [2.75, 3.05) is 30.8 Å². The van der Waals surface area contributed by atoms with Crippen LogP contribution in [0.15, 0.2) is 72.8 Å². The van der Waals surface area contributed by atoms with Gasteiger partial charge in [-0.15, -0.1) is 0 Å². The molecule has 0 bridgehead atoms. The van der Waals surface area contributed by atoms with Crippen molar-refractivity contribution in [1.29, 1.82) is 0 Å². The number of nitrogens with one attached hydrogen (secondary N) is 2. The molecule has 3 aromatic carbocycles. The molecular formula is C25H27N3O2. The number of hydrogen-bond donors (Lipinski definition) is 2. The van der Waals surface area contributed by atoms with Crippen molar-refractivity contribution in [3.63, 3.8) is 0 Å². The van der Waals surface area contributed by atoms with Crippen LogP contribution in [0, 0.1) is 13.8 Å². The molecule has 0 heterocycles. The zero-order chi connectivity index (χ0) is 21.5. The lowest BCUT2D eigenvalue weighted by Crippen LogP contribution is -2.36. The normalized spacial score (nSPS) is 10.7. The summed E-state index contributed by atoms with van der Waals surface area (Å²) in [6.45, 7) is 4.23. The predicted octanol–water partition coefficient (Wildman–Crippen LogP) is 4.48. The number of anilines is 2. The van der Waals surface area contributed by atoms with E-state index >= 15 is 0 Å². The number of para-hydroxylation sites is 1. The van der Waals surface area contributed by atoms with Gasteiger partial charge in [-0.05, 0) is 49.7 Å². The Labute approximate surface area is 177 Å². The van der Waals surface area contributed by atoms with E-state index in [1.807, 2.05) is 86.6 Å². The summed E-state index contributed by atoms with van der Waals surface area (Å²) in [7, 11) is 1.76. The summed E-state index contributed by atoms with van der Waals surface area (Å²) in [5.41, 5.74) is 5.72. The zero-order valence-corrected chi connectivity index (χ0v) is 17.6. The summed E-state index contributed by atoms with van der Waals surface area (Å²) in [4.78, 5) is 26.6. The van der Waals surface area contributed by atoms with Crippen LogP contribution in [-0.4, -0.2) is 36.9 Å². The first-order chi connectivity index (χ1) is 14.4. The third-order valence-corrected chi connectivity index (χ3v) is 4.99. The summed E-state index contributed by atoms with van der Waals surface area (Å²) in [6, 6.07) is 23.4. The average molecular weight is 402 g/mol. The highest BCUT2D eigenvalue weighted by Gasteiger charge is 2.14. The number of benzene rings is 3. The molecule has 5 nitrogen and oxygen atoms in total. The fraction of sp³-hybridized carbons (Fsp3) is 0.200. The Kier molecular flexibility index (Phi) is 6.99. The molecule has 0 unspecified atom stereocenters. The van der Waals surface area contributed by atoms with Crippen LogP contribution in [0.3, 0.4) is 0 Å². The van der Waals surface area contributed by atoms with Crippen LogP contribution >= 0.6 is 0 Å². The lowest BCUT2D eigenvalue weighted by molar-refractivity contribution is -0.119. The van der Waals surface area contributed by atoms with Gasteiger partial charge in [-0.3, -0.25) is 14.5 Å². The Balaban J connectivity index is 1.58. The fourth-order valence-corrected chi connectivity index (χ4v) is 3.27. The molecular weight excluding hydrogens is 374 g/mol. The Hall–Kier alpha value is -3.44. The number of aryl methyl sites for hydroxylation is 1. The van der Waals surface area contributed by atoms with E-state index in [1.54, 1.807) is 11.9 Å². The molecule has 5 heteroatoms. The van der Waals surface area contributed by atoms with Gasteiger partial charge in [0.25, 0.3) is 0 Å². The van der Waals surface area contributed by atoms with Gasteiger partial charge in [-0.1, -0.05) is 60.7 Å². The van der Waals surface area contributed by atoms with Gasteiger partial charge < -0.3 is 10.6 Å². The average Bonchev–Trinajstić information content (AvgIpc) is 2.72. The number of carbonyl (C=O) groups is 2. The van der Waals surface area contributed by atoms with E-state index in [9.17, 15) is 9.59 Å². The fourth-order valence-electron chi connectivity index (χ4n) is 3.27. The van der Waals surface area contributed by atoms with Crippen LogP contribution in [-0.2, 0) is 9.59 Å². The van der Waals surface area contributed by atoms with E-state index in [-0.39, 0.29) is 24.9 Å². The third kappa shape index (κ3) is 5.55. The van der Waals surface area contributed by atoms with Crippen LogP contribution in [0.5, 0.6) is 0 Å². The Morgan fingerprint density at radius 3 is 2.00 bits per heavy atom. The van der Waals surface area contributed by atoms with Crippen molar-refractivity contribution in [3.05, 3.63) is 83.9 Å². The highest BCUT2D eigenvalue weighted by Crippen LogP contribution is 2.27. The van der Waals surface area contributed by atoms with Gasteiger partial charge in [-0.25, -0.2) is 0 Å². The molecule has 3 aromatic rings. The number of amides is 2. The van der Waals surface area contributed by atoms with Crippen molar-refractivity contribution in [2.45, 2.75) is 13.8 Å². The molecule has 2 N–H and O–H groups in total. The van der Waals surface area contributed by atoms with Crippen molar-refractivity contribution in [2.24, 2.45) is 0 Å². The van der Waals surface area contributed by atoms with E-state index in [1.165, 1.54) is 0 Å². The van der Waals surface area contributed by atoms with Crippen molar-refractivity contribution >= 4 is 23.2 Å². The quantitative estimate of drug-likeness (QED) is 0.614. The minimum absolute atomic E-state index is 0.114. The van der Waals surface area contributed by atoms with Gasteiger partial charge in [0.2, 0.25) is 11.8 Å². The lowest BCUT2D eigenvalue weighted by atomic mass is 10.0. The van der Waals surface area contributed by atoms with Crippen LogP contribution in [0.4, 0.5) is 11.4 Å². The maximum atomic E-state index is 12.6. The highest BCUT2D eigenvalue weighted by atomic mass is 16.2. The summed E-state index contributed by atoms with van der Waals surface area (Å²) < 4.78 is 0. The molecule has 0 spiro atoms. The van der Waals surface area contributed by atoms with Gasteiger partial charge in [-0.2, -0.15) is 0 Å². The zero-order valence-electron chi connectivity index (χ0n) is 17.6. The monoisotopic (exact) mass is 401 g/mol. The largest absolute Gasteiger partial charge is 0.325 e. The Bertz CT molecular complexity index is 1030. The van der Waals surface area contributed by atoms with Gasteiger partial charge in [0, 0.05) is 16.9 Å². The minimum Gasteiger partial charge on any atom is -0.325 e. The molecule has 30 heavy (non-hydrogen) atoms. The smallest absolute Gasteiger partial charge is 0.238 e. The molecule has 0 fully saturated rings. The molecule has 0 aliphatic rings. The standard InChI is InChI=1S/C25H27N3O2/c1-18-10-9-15-22(19(18)2)26-24(29)16-28(3)17-25(30)27-23-14-8-7-13-21(23)20-11-5-4-6-12-20/h4-15H,16-17H2,1-3H3,(H,26,29)(H,27,30). The molecule has 0 aliphatic heterocycles. The SMILES string of the molecule is Cc1cccc(NC(=O)CN(C)CC(=O)Nc2ccccc2-c2ccccc2)c1C. The van der Waals surface area contributed by atoms with E-state index < -0.39 is 0 Å². The minimum atomic E-state index is -0.166. The van der Waals surface area contributed by atoms with Crippen molar-refractivity contribution < 1.29 is 9.59 Å². The predicted molar refractivity (Wildman–Crippen MR) is 123 cm³/mol. The molecule has 0 aliphatic carbocycles. The third-order valence-electron chi connectivity index (χ3n) is 4.99. The number of nitrogens with zero attached hydrogens (tertiary/aromatic N) is 1. The maximum Gasteiger partial charge on any atom is 0.238 e. The number of hydrogen-bond acceptors (Lipinski definition) is 3.